The maximum Gasteiger partial charge on any atom is 0.510 e. The zero-order valence-corrected chi connectivity index (χ0v) is 15.9. The molecule has 0 aromatic heterocycles. The van der Waals surface area contributed by atoms with E-state index in [9.17, 15) is 9.59 Å². The van der Waals surface area contributed by atoms with Gasteiger partial charge < -0.3 is 9.84 Å². The van der Waals surface area contributed by atoms with E-state index in [0.717, 1.165) is 27.3 Å². The maximum absolute atomic E-state index is 12.4. The van der Waals surface area contributed by atoms with E-state index in [4.69, 9.17) is 15.4 Å². The van der Waals surface area contributed by atoms with Crippen LogP contribution in [0.5, 0.6) is 0 Å². The number of hydrogen-bond donors (Lipinski definition) is 1. The number of hydrogen-bond acceptors (Lipinski definition) is 4. The van der Waals surface area contributed by atoms with Crippen molar-refractivity contribution >= 4 is 12.1 Å². The normalized spacial score (nSPS) is 11.9. The highest BCUT2D eigenvalue weighted by atomic mass is 16.6. The molecule has 8 nitrogen and oxygen atoms in total. The van der Waals surface area contributed by atoms with Crippen molar-refractivity contribution in [3.8, 4) is 11.1 Å². The molecule has 0 aliphatic heterocycles. The zero-order chi connectivity index (χ0) is 20.6. The molecule has 0 fully saturated rings. The standard InChI is InChI=1S/C21H22N4O4/c22-23-24-25(13-7-1-2-12-20(26)27)21(28)29-14-19-17-10-5-3-8-15(17)16-9-4-6-11-18(16)19/h3-6,8-11,19H,1-2,7,12-14H2,(H,26,27). The minimum Gasteiger partial charge on any atom is -0.481 e. The Morgan fingerprint density at radius 2 is 1.66 bits per heavy atom. The number of ether oxygens (including phenoxy) is 1. The van der Waals surface area contributed by atoms with E-state index >= 15 is 0 Å². The van der Waals surface area contributed by atoms with Gasteiger partial charge in [-0.15, -0.1) is 10.5 Å². The average Bonchev–Trinajstić information content (AvgIpc) is 3.04. The van der Waals surface area contributed by atoms with Crippen LogP contribution < -0.4 is 0 Å². The molecule has 1 N–H and O–H groups in total. The van der Waals surface area contributed by atoms with Crippen LogP contribution in [0.25, 0.3) is 21.6 Å². The Labute approximate surface area is 168 Å². The van der Waals surface area contributed by atoms with Gasteiger partial charge in [-0.1, -0.05) is 48.5 Å². The number of carbonyl (C=O) groups excluding carboxylic acids is 1. The van der Waals surface area contributed by atoms with Crippen LogP contribution in [0.2, 0.25) is 0 Å². The second-order valence-corrected chi connectivity index (χ2v) is 6.81. The number of fused-ring (bicyclic) bond motifs is 3. The van der Waals surface area contributed by atoms with Gasteiger partial charge in [0.2, 0.25) is 0 Å². The molecule has 1 aliphatic rings. The molecule has 0 atom stereocenters. The smallest absolute Gasteiger partial charge is 0.481 e. The number of nitrogens with zero attached hydrogens (tertiary/aromatic N) is 4. The van der Waals surface area contributed by atoms with Crippen LogP contribution in [0.15, 0.2) is 53.8 Å². The predicted molar refractivity (Wildman–Crippen MR) is 107 cm³/mol. The van der Waals surface area contributed by atoms with Gasteiger partial charge in [0.15, 0.2) is 0 Å². The van der Waals surface area contributed by atoms with Gasteiger partial charge in [-0.3, -0.25) is 4.79 Å². The minimum atomic E-state index is -0.853. The first-order valence-corrected chi connectivity index (χ1v) is 9.51. The lowest BCUT2D eigenvalue weighted by Gasteiger charge is -2.16. The third-order valence-electron chi connectivity index (χ3n) is 4.96. The topological polar surface area (TPSA) is 116 Å². The zero-order valence-electron chi connectivity index (χ0n) is 15.9. The molecule has 0 heterocycles. The van der Waals surface area contributed by atoms with Crippen molar-refractivity contribution < 1.29 is 19.4 Å². The quantitative estimate of drug-likeness (QED) is 0.209. The summed E-state index contributed by atoms with van der Waals surface area (Å²) < 4.78 is 5.48. The fourth-order valence-electron chi connectivity index (χ4n) is 3.60. The number of benzene rings is 2. The summed E-state index contributed by atoms with van der Waals surface area (Å²) in [5, 5.41) is 13.0. The Morgan fingerprint density at radius 3 is 2.24 bits per heavy atom. The number of carboxylic acid groups (broad SMARTS) is 1. The molecular formula is C21H22N4O4. The summed E-state index contributed by atoms with van der Waals surface area (Å²) in [7, 11) is 0. The molecule has 8 heteroatoms. The molecule has 3 rings (SSSR count). The van der Waals surface area contributed by atoms with E-state index in [1.54, 1.807) is 0 Å². The van der Waals surface area contributed by atoms with Crippen molar-refractivity contribution in [2.24, 2.45) is 5.22 Å². The number of carboxylic acids is 1. The van der Waals surface area contributed by atoms with Crippen LogP contribution in [0.1, 0.15) is 42.7 Å². The molecule has 29 heavy (non-hydrogen) atoms. The minimum absolute atomic E-state index is 0.0742. The van der Waals surface area contributed by atoms with Gasteiger partial charge in [0.1, 0.15) is 13.2 Å². The summed E-state index contributed by atoms with van der Waals surface area (Å²) in [4.78, 5) is 25.7. The second-order valence-electron chi connectivity index (χ2n) is 6.81. The third-order valence-corrected chi connectivity index (χ3v) is 4.96. The molecule has 0 bridgehead atoms. The van der Waals surface area contributed by atoms with Gasteiger partial charge in [0.05, 0.1) is 0 Å². The summed E-state index contributed by atoms with van der Waals surface area (Å²) in [5.41, 5.74) is 13.2. The Morgan fingerprint density at radius 1 is 1.03 bits per heavy atom. The largest absolute Gasteiger partial charge is 0.510 e. The molecule has 1 amide bonds. The molecule has 1 aliphatic carbocycles. The molecule has 0 spiro atoms. The first-order valence-electron chi connectivity index (χ1n) is 9.51. The lowest BCUT2D eigenvalue weighted by Crippen LogP contribution is -2.28. The molecule has 0 unspecified atom stereocenters. The third kappa shape index (κ3) is 4.86. The fourth-order valence-corrected chi connectivity index (χ4v) is 3.60. The highest BCUT2D eigenvalue weighted by Gasteiger charge is 2.30. The van der Waals surface area contributed by atoms with E-state index in [0.29, 0.717) is 19.3 Å². The molecular weight excluding hydrogens is 372 g/mol. The van der Waals surface area contributed by atoms with Gasteiger partial charge in [0.25, 0.3) is 0 Å². The first kappa shape index (κ1) is 20.2. The highest BCUT2D eigenvalue weighted by molar-refractivity contribution is 5.79. The summed E-state index contributed by atoms with van der Waals surface area (Å²) in [6.07, 6.45) is 1.01. The monoisotopic (exact) mass is 394 g/mol. The number of carbonyl (C=O) groups is 2. The molecule has 0 saturated carbocycles. The van der Waals surface area contributed by atoms with Crippen molar-refractivity contribution in [1.82, 2.24) is 5.01 Å². The Hall–Kier alpha value is -3.51. The number of amides is 1. The first-order chi connectivity index (χ1) is 14.1. The summed E-state index contributed by atoms with van der Waals surface area (Å²) in [6.45, 7) is 0.323. The average molecular weight is 394 g/mol. The Balaban J connectivity index is 1.61. The van der Waals surface area contributed by atoms with Crippen molar-refractivity contribution in [1.29, 1.82) is 0 Å². The van der Waals surface area contributed by atoms with Gasteiger partial charge in [0, 0.05) is 12.3 Å². The number of rotatable bonds is 9. The lowest BCUT2D eigenvalue weighted by molar-refractivity contribution is -0.137. The van der Waals surface area contributed by atoms with E-state index in [1.807, 2.05) is 36.4 Å². The molecule has 2 aromatic rings. The van der Waals surface area contributed by atoms with Crippen LogP contribution in [0.3, 0.4) is 0 Å². The van der Waals surface area contributed by atoms with Gasteiger partial charge in [-0.25, -0.2) is 0 Å². The molecule has 0 radical (unpaired) electrons. The van der Waals surface area contributed by atoms with Crippen LogP contribution in [0.4, 0.5) is 4.79 Å². The number of aliphatic carboxylic acids is 1. The fraction of sp³-hybridized carbons (Fsp3) is 0.333. The van der Waals surface area contributed by atoms with Crippen molar-refractivity contribution in [2.45, 2.75) is 31.6 Å². The Bertz CT molecular complexity index is 894. The Kier molecular flexibility index (Phi) is 6.71. The second kappa shape index (κ2) is 9.61. The van der Waals surface area contributed by atoms with Crippen molar-refractivity contribution in [3.63, 3.8) is 0 Å². The van der Waals surface area contributed by atoms with Gasteiger partial charge in [-0.2, -0.15) is 9.71 Å². The SMILES string of the molecule is [N-]=[N+]=NN(CCCCCC(=O)O)C(=O)OCC1c2ccccc2-c2ccccc21. The molecule has 2 aromatic carbocycles. The highest BCUT2D eigenvalue weighted by Crippen LogP contribution is 2.44. The van der Waals surface area contributed by atoms with E-state index in [2.05, 4.69) is 22.3 Å². The van der Waals surface area contributed by atoms with Crippen LogP contribution in [-0.2, 0) is 9.53 Å². The van der Waals surface area contributed by atoms with Crippen LogP contribution >= 0.6 is 0 Å². The maximum atomic E-state index is 12.4. The summed E-state index contributed by atoms with van der Waals surface area (Å²) >= 11 is 0. The summed E-state index contributed by atoms with van der Waals surface area (Å²) in [6, 6.07) is 16.1. The molecule has 150 valence electrons. The molecule has 0 saturated heterocycles. The number of azide groups is 1. The predicted octanol–water partition coefficient (Wildman–Crippen LogP) is 5.11. The lowest BCUT2D eigenvalue weighted by atomic mass is 9.98. The van der Waals surface area contributed by atoms with Crippen LogP contribution in [-0.4, -0.2) is 35.3 Å². The van der Waals surface area contributed by atoms with Gasteiger partial charge in [-0.05, 0) is 46.7 Å². The van der Waals surface area contributed by atoms with E-state index in [-0.39, 0.29) is 25.5 Å². The number of unbranched alkanes of at least 4 members (excludes halogenated alkanes) is 2. The van der Waals surface area contributed by atoms with Crippen molar-refractivity contribution in [2.75, 3.05) is 13.2 Å². The van der Waals surface area contributed by atoms with E-state index < -0.39 is 12.1 Å². The van der Waals surface area contributed by atoms with Crippen LogP contribution in [0, 0.1) is 0 Å². The summed E-state index contributed by atoms with van der Waals surface area (Å²) in [5.74, 6) is -0.928. The van der Waals surface area contributed by atoms with Crippen molar-refractivity contribution in [3.05, 3.63) is 70.1 Å². The van der Waals surface area contributed by atoms with E-state index in [1.165, 1.54) is 0 Å². The van der Waals surface area contributed by atoms with Gasteiger partial charge >= 0.3 is 12.1 Å².